The molecule has 3 aromatic rings. The second kappa shape index (κ2) is 20.3. The highest BCUT2D eigenvalue weighted by Gasteiger charge is 2.65. The number of aromatic hydroxyl groups is 1. The van der Waals surface area contributed by atoms with Gasteiger partial charge >= 0.3 is 0 Å². The van der Waals surface area contributed by atoms with Crippen LogP contribution >= 0.6 is 0 Å². The van der Waals surface area contributed by atoms with Crippen molar-refractivity contribution in [3.8, 4) is 11.5 Å². The molecule has 0 radical (unpaired) electrons. The summed E-state index contributed by atoms with van der Waals surface area (Å²) < 4.78 is 20.7. The van der Waals surface area contributed by atoms with Gasteiger partial charge in [0.05, 0.1) is 24.8 Å². The van der Waals surface area contributed by atoms with Crippen LogP contribution < -0.4 is 4.74 Å². The van der Waals surface area contributed by atoms with Crippen LogP contribution in [0.3, 0.4) is 0 Å². The van der Waals surface area contributed by atoms with Gasteiger partial charge in [-0.3, -0.25) is 4.79 Å². The highest BCUT2D eigenvalue weighted by molar-refractivity contribution is 6.03. The van der Waals surface area contributed by atoms with E-state index in [0.29, 0.717) is 50.5 Å². The van der Waals surface area contributed by atoms with Crippen LogP contribution in [0.5, 0.6) is 11.5 Å². The number of hydrogen-bond acceptors (Lipinski definition) is 9. The molecule has 1 amide bonds. The van der Waals surface area contributed by atoms with Gasteiger partial charge in [0.1, 0.15) is 17.5 Å². The van der Waals surface area contributed by atoms with E-state index in [1.807, 2.05) is 23.1 Å². The maximum Gasteiger partial charge on any atom is 0.239 e. The fourth-order valence-corrected chi connectivity index (χ4v) is 11.3. The number of allylic oxidation sites excluding steroid dienone is 1. The monoisotopic (exact) mass is 834 g/mol. The first-order valence-corrected chi connectivity index (χ1v) is 23.2. The minimum absolute atomic E-state index is 0.0589. The third-order valence-corrected chi connectivity index (χ3v) is 14.2. The van der Waals surface area contributed by atoms with Crippen LogP contribution in [0, 0.1) is 23.7 Å². The molecule has 7 atom stereocenters. The summed E-state index contributed by atoms with van der Waals surface area (Å²) in [6.45, 7) is 5.48. The molecule has 3 N–H and O–H groups in total. The fraction of sp³-hybridized carbons (Fsp3) is 0.569. The third-order valence-electron chi connectivity index (χ3n) is 14.2. The van der Waals surface area contributed by atoms with Gasteiger partial charge in [0.25, 0.3) is 0 Å². The lowest BCUT2D eigenvalue weighted by atomic mass is 9.55. The number of aliphatic hydroxyl groups is 2. The lowest BCUT2D eigenvalue weighted by molar-refractivity contribution is -0.258. The largest absolute Gasteiger partial charge is 0.508 e. The first-order chi connectivity index (χ1) is 29.9. The molecule has 328 valence electrons. The number of fused-ring (bicyclic) bond motifs is 3. The smallest absolute Gasteiger partial charge is 0.239 e. The molecule has 2 heterocycles. The number of phenols is 1. The Balaban J connectivity index is 1.32. The fourth-order valence-electron chi connectivity index (χ4n) is 11.3. The Morgan fingerprint density at radius 3 is 2.51 bits per heavy atom. The van der Waals surface area contributed by atoms with E-state index in [0.717, 1.165) is 97.4 Å². The number of amides is 1. The molecule has 0 spiro atoms. The molecular weight excluding hydrogens is 769 g/mol. The van der Waals surface area contributed by atoms with Crippen LogP contribution in [-0.2, 0) is 25.7 Å². The normalized spacial score (nSPS) is 27.8. The Kier molecular flexibility index (Phi) is 14.5. The standard InChI is InChI=1S/C51H66N2O8/c1-2-29-59-51-46(53(47(57)26-23-35-14-3-4-15-35)34-38-19-13-18-36-16-5-6-20-40(36)38)33-44(52-61-48-22-9-12-30-58-48)42-31-37(17-7-10-27-54)41(21-8-11-28-55)49(50(42)51)43-32-39(56)24-25-45(43)60-51/h2,5-6,13,16,18-20,24-25,31-32,35,37,41,46,48-50,54-56H,1,3-4,7-12,14-15,17,21-23,26-30,33-34H2. The van der Waals surface area contributed by atoms with Crippen LogP contribution in [-0.4, -0.2) is 76.4 Å². The predicted molar refractivity (Wildman–Crippen MR) is 237 cm³/mol. The second-order valence-electron chi connectivity index (χ2n) is 18.0. The molecular formula is C51H66N2O8. The lowest BCUT2D eigenvalue weighted by Gasteiger charge is -2.60. The van der Waals surface area contributed by atoms with Gasteiger partial charge in [-0.2, -0.15) is 0 Å². The number of rotatable bonds is 19. The number of ether oxygens (including phenoxy) is 3. The van der Waals surface area contributed by atoms with E-state index in [4.69, 9.17) is 24.2 Å². The van der Waals surface area contributed by atoms with E-state index >= 15 is 4.79 Å². The lowest BCUT2D eigenvalue weighted by Crippen LogP contribution is -2.70. The molecule has 8 rings (SSSR count). The maximum atomic E-state index is 15.3. The predicted octanol–water partition coefficient (Wildman–Crippen LogP) is 9.70. The van der Waals surface area contributed by atoms with Crippen LogP contribution in [0.2, 0.25) is 0 Å². The molecule has 3 fully saturated rings. The van der Waals surface area contributed by atoms with Crippen LogP contribution in [0.1, 0.15) is 120 Å². The molecule has 61 heavy (non-hydrogen) atoms. The molecule has 5 aliphatic rings. The Labute approximate surface area is 361 Å². The Morgan fingerprint density at radius 1 is 0.934 bits per heavy atom. The second-order valence-corrected chi connectivity index (χ2v) is 18.0. The van der Waals surface area contributed by atoms with E-state index in [1.165, 1.54) is 12.8 Å². The molecule has 7 unspecified atom stereocenters. The van der Waals surface area contributed by atoms with Crippen molar-refractivity contribution < 1.29 is 39.2 Å². The van der Waals surface area contributed by atoms with Gasteiger partial charge in [0.2, 0.25) is 18.0 Å². The van der Waals surface area contributed by atoms with E-state index in [9.17, 15) is 15.3 Å². The van der Waals surface area contributed by atoms with E-state index in [-0.39, 0.29) is 49.2 Å². The Morgan fingerprint density at radius 2 is 1.72 bits per heavy atom. The van der Waals surface area contributed by atoms with Crippen LogP contribution in [0.25, 0.3) is 10.8 Å². The molecule has 10 nitrogen and oxygen atoms in total. The van der Waals surface area contributed by atoms with Crippen LogP contribution in [0.15, 0.2) is 90.1 Å². The third kappa shape index (κ3) is 9.43. The van der Waals surface area contributed by atoms with Crippen molar-refractivity contribution in [2.24, 2.45) is 28.8 Å². The number of benzene rings is 3. The zero-order chi connectivity index (χ0) is 42.2. The zero-order valence-corrected chi connectivity index (χ0v) is 35.8. The maximum absolute atomic E-state index is 15.3. The van der Waals surface area contributed by atoms with Gasteiger partial charge in [-0.05, 0) is 103 Å². The number of nitrogens with zero attached hydrogens (tertiary/aromatic N) is 2. The number of carbonyl (C=O) groups excluding carboxylic acids is 1. The van der Waals surface area contributed by atoms with Gasteiger partial charge in [-0.15, -0.1) is 6.58 Å². The summed E-state index contributed by atoms with van der Waals surface area (Å²) in [4.78, 5) is 23.7. The summed E-state index contributed by atoms with van der Waals surface area (Å²) >= 11 is 0. The van der Waals surface area contributed by atoms with Gasteiger partial charge in [-0.25, -0.2) is 0 Å². The van der Waals surface area contributed by atoms with E-state index in [1.54, 1.807) is 12.1 Å². The summed E-state index contributed by atoms with van der Waals surface area (Å²) in [6.07, 6.45) is 17.4. The topological polar surface area (TPSA) is 130 Å². The van der Waals surface area contributed by atoms with E-state index < -0.39 is 24.0 Å². The number of carbonyl (C=O) groups is 1. The minimum Gasteiger partial charge on any atom is -0.508 e. The zero-order valence-electron chi connectivity index (χ0n) is 35.8. The molecule has 2 saturated carbocycles. The molecule has 10 heteroatoms. The average Bonchev–Trinajstić information content (AvgIpc) is 3.82. The highest BCUT2D eigenvalue weighted by Crippen LogP contribution is 2.62. The SMILES string of the molecule is C=CCOC12Oc3ccc(O)cc3C3C(CCCCO)C(CCCCO)C=C(C(=NOC4CCCCO4)CC1N(Cc1cccc4ccccc14)C(=O)CCC1CCCC1)C32. The average molecular weight is 835 g/mol. The van der Waals surface area contributed by atoms with Crippen molar-refractivity contribution in [2.75, 3.05) is 26.4 Å². The number of hydrogen-bond donors (Lipinski definition) is 3. The van der Waals surface area contributed by atoms with Crippen molar-refractivity contribution in [3.63, 3.8) is 0 Å². The van der Waals surface area contributed by atoms with Gasteiger partial charge in [0.15, 0.2) is 0 Å². The molecule has 0 aromatic heterocycles. The Hall–Kier alpha value is -4.22. The van der Waals surface area contributed by atoms with Crippen molar-refractivity contribution >= 4 is 22.4 Å². The molecule has 0 bridgehead atoms. The van der Waals surface area contributed by atoms with Gasteiger partial charge in [-0.1, -0.05) is 98.3 Å². The minimum atomic E-state index is -1.37. The Bertz CT molecular complexity index is 2010. The summed E-state index contributed by atoms with van der Waals surface area (Å²) in [6, 6.07) is 19.4. The highest BCUT2D eigenvalue weighted by atomic mass is 16.8. The number of unbranched alkanes of at least 4 members (excludes halogenated alkanes) is 2. The summed E-state index contributed by atoms with van der Waals surface area (Å²) in [5.41, 5.74) is 3.68. The number of oxime groups is 1. The van der Waals surface area contributed by atoms with Crippen LogP contribution in [0.4, 0.5) is 0 Å². The number of phenolic OH excluding ortho intramolecular Hbond substituents is 1. The summed E-state index contributed by atoms with van der Waals surface area (Å²) in [5, 5.41) is 38.2. The molecule has 2 aliphatic heterocycles. The first kappa shape index (κ1) is 43.4. The van der Waals surface area contributed by atoms with Gasteiger partial charge in [0, 0.05) is 50.5 Å². The summed E-state index contributed by atoms with van der Waals surface area (Å²) in [7, 11) is 0. The summed E-state index contributed by atoms with van der Waals surface area (Å²) in [5.74, 6) is -0.467. The number of aliphatic hydroxyl groups excluding tert-OH is 2. The van der Waals surface area contributed by atoms with Crippen molar-refractivity contribution in [2.45, 2.75) is 133 Å². The van der Waals surface area contributed by atoms with Crippen molar-refractivity contribution in [1.29, 1.82) is 0 Å². The first-order valence-electron chi connectivity index (χ1n) is 23.2. The molecule has 1 saturated heterocycles. The quantitative estimate of drug-likeness (QED) is 0.0619. The van der Waals surface area contributed by atoms with Crippen molar-refractivity contribution in [3.05, 3.63) is 96.1 Å². The van der Waals surface area contributed by atoms with Crippen molar-refractivity contribution in [1.82, 2.24) is 4.90 Å². The molecule has 3 aliphatic carbocycles. The van der Waals surface area contributed by atoms with Gasteiger partial charge < -0.3 is 39.3 Å². The molecule has 3 aromatic carbocycles. The van der Waals surface area contributed by atoms with E-state index in [2.05, 4.69) is 49.1 Å².